The Bertz CT molecular complexity index is 1260. The molecule has 0 aliphatic heterocycles. The minimum Gasteiger partial charge on any atom is -0.382 e. The van der Waals surface area contributed by atoms with Crippen molar-refractivity contribution in [3.63, 3.8) is 0 Å². The molecule has 0 spiro atoms. The normalized spacial score (nSPS) is 11.1. The molecule has 0 aliphatic carbocycles. The maximum Gasteiger partial charge on any atom is 0.246 e. The van der Waals surface area contributed by atoms with Gasteiger partial charge < -0.3 is 14.6 Å². The van der Waals surface area contributed by atoms with Crippen molar-refractivity contribution < 1.29 is 14.3 Å². The maximum absolute atomic E-state index is 12.6. The average Bonchev–Trinajstić information content (AvgIpc) is 3.17. The zero-order valence-corrected chi connectivity index (χ0v) is 18.7. The fourth-order valence-electron chi connectivity index (χ4n) is 3.90. The van der Waals surface area contributed by atoms with Crippen LogP contribution in [0.5, 0.6) is 0 Å². The Morgan fingerprint density at radius 3 is 2.64 bits per heavy atom. The van der Waals surface area contributed by atoms with Gasteiger partial charge in [-0.1, -0.05) is 54.6 Å². The predicted octanol–water partition coefficient (Wildman–Crippen LogP) is 3.91. The van der Waals surface area contributed by atoms with Crippen LogP contribution in [0, 0.1) is 0 Å². The molecule has 2 N–H and O–H groups in total. The molecule has 0 aliphatic rings. The van der Waals surface area contributed by atoms with E-state index in [2.05, 4.69) is 15.6 Å². The molecule has 7 heteroatoms. The number of fused-ring (bicyclic) bond motifs is 2. The molecule has 0 saturated heterocycles. The standard InChI is InChI=1S/C26H28N4O3/c1-2-33-16-8-15-30-23-14-6-5-13-22(23)28-26(30)29-25(32)18-27-24(31)17-20-11-7-10-19-9-3-4-12-21(19)20/h3-7,9-14H,2,8,15-18H2,1H3,(H,27,31)(H,28,29,32). The van der Waals surface area contributed by atoms with Crippen LogP contribution >= 0.6 is 0 Å². The highest BCUT2D eigenvalue weighted by Crippen LogP contribution is 2.20. The number of nitrogens with zero attached hydrogens (tertiary/aromatic N) is 2. The van der Waals surface area contributed by atoms with Crippen molar-refractivity contribution in [1.82, 2.24) is 14.9 Å². The second-order valence-corrected chi connectivity index (χ2v) is 7.77. The average molecular weight is 445 g/mol. The lowest BCUT2D eigenvalue weighted by Crippen LogP contribution is -2.34. The number of benzene rings is 3. The first-order valence-electron chi connectivity index (χ1n) is 11.2. The first-order valence-corrected chi connectivity index (χ1v) is 11.2. The largest absolute Gasteiger partial charge is 0.382 e. The van der Waals surface area contributed by atoms with Crippen molar-refractivity contribution >= 4 is 39.6 Å². The van der Waals surface area contributed by atoms with Crippen LogP contribution in [0.2, 0.25) is 0 Å². The molecule has 7 nitrogen and oxygen atoms in total. The summed E-state index contributed by atoms with van der Waals surface area (Å²) in [7, 11) is 0. The highest BCUT2D eigenvalue weighted by Gasteiger charge is 2.14. The van der Waals surface area contributed by atoms with E-state index < -0.39 is 0 Å². The molecule has 4 aromatic rings. The molecular weight excluding hydrogens is 416 g/mol. The lowest BCUT2D eigenvalue weighted by atomic mass is 10.0. The summed E-state index contributed by atoms with van der Waals surface area (Å²) in [6.07, 6.45) is 1.02. The van der Waals surface area contributed by atoms with Crippen molar-refractivity contribution in [2.75, 3.05) is 25.1 Å². The Labute approximate surface area is 192 Å². The first-order chi connectivity index (χ1) is 16.2. The van der Waals surface area contributed by atoms with Crippen molar-refractivity contribution in [2.24, 2.45) is 0 Å². The van der Waals surface area contributed by atoms with E-state index in [0.717, 1.165) is 33.8 Å². The third kappa shape index (κ3) is 5.56. The highest BCUT2D eigenvalue weighted by molar-refractivity contribution is 5.96. The minimum absolute atomic E-state index is 0.119. The topological polar surface area (TPSA) is 85.2 Å². The summed E-state index contributed by atoms with van der Waals surface area (Å²) >= 11 is 0. The van der Waals surface area contributed by atoms with Gasteiger partial charge in [-0.2, -0.15) is 0 Å². The van der Waals surface area contributed by atoms with E-state index in [1.54, 1.807) is 0 Å². The van der Waals surface area contributed by atoms with E-state index >= 15 is 0 Å². The molecule has 1 heterocycles. The Kier molecular flexibility index (Phi) is 7.32. The molecular formula is C26H28N4O3. The Morgan fingerprint density at radius 2 is 1.76 bits per heavy atom. The second-order valence-electron chi connectivity index (χ2n) is 7.77. The molecule has 0 atom stereocenters. The van der Waals surface area contributed by atoms with Gasteiger partial charge in [0.1, 0.15) is 0 Å². The molecule has 33 heavy (non-hydrogen) atoms. The lowest BCUT2D eigenvalue weighted by molar-refractivity contribution is -0.123. The van der Waals surface area contributed by atoms with E-state index in [9.17, 15) is 9.59 Å². The number of carbonyl (C=O) groups is 2. The van der Waals surface area contributed by atoms with Crippen LogP contribution in [0.1, 0.15) is 18.9 Å². The van der Waals surface area contributed by atoms with Gasteiger partial charge in [-0.25, -0.2) is 4.98 Å². The molecule has 4 rings (SSSR count). The molecule has 0 radical (unpaired) electrons. The number of anilines is 1. The van der Waals surface area contributed by atoms with Crippen molar-refractivity contribution in [1.29, 1.82) is 0 Å². The third-order valence-corrected chi connectivity index (χ3v) is 5.46. The summed E-state index contributed by atoms with van der Waals surface area (Å²) in [5.74, 6) is -0.0460. The maximum atomic E-state index is 12.6. The van der Waals surface area contributed by atoms with Crippen molar-refractivity contribution in [2.45, 2.75) is 26.3 Å². The highest BCUT2D eigenvalue weighted by atomic mass is 16.5. The van der Waals surface area contributed by atoms with Crippen LogP contribution in [0.3, 0.4) is 0 Å². The number of aryl methyl sites for hydroxylation is 1. The number of rotatable bonds is 10. The Hall–Kier alpha value is -3.71. The van der Waals surface area contributed by atoms with Crippen molar-refractivity contribution in [3.05, 3.63) is 72.3 Å². The monoisotopic (exact) mass is 444 g/mol. The summed E-state index contributed by atoms with van der Waals surface area (Å²) in [5.41, 5.74) is 2.69. The van der Waals surface area contributed by atoms with Gasteiger partial charge in [0, 0.05) is 19.8 Å². The van der Waals surface area contributed by atoms with Crippen LogP contribution < -0.4 is 10.6 Å². The third-order valence-electron chi connectivity index (χ3n) is 5.46. The van der Waals surface area contributed by atoms with E-state index in [1.165, 1.54) is 0 Å². The van der Waals surface area contributed by atoms with Gasteiger partial charge >= 0.3 is 0 Å². The number of carbonyl (C=O) groups excluding carboxylic acids is 2. The second kappa shape index (κ2) is 10.7. The van der Waals surface area contributed by atoms with Gasteiger partial charge in [-0.15, -0.1) is 0 Å². The smallest absolute Gasteiger partial charge is 0.246 e. The molecule has 0 unspecified atom stereocenters. The SMILES string of the molecule is CCOCCCn1c(NC(=O)CNC(=O)Cc2cccc3ccccc23)nc2ccccc21. The van der Waals surface area contributed by atoms with Crippen LogP contribution in [-0.2, 0) is 27.3 Å². The van der Waals surface area contributed by atoms with E-state index in [1.807, 2.05) is 78.2 Å². The summed E-state index contributed by atoms with van der Waals surface area (Å²) in [6.45, 7) is 3.83. The molecule has 0 saturated carbocycles. The zero-order chi connectivity index (χ0) is 23.0. The number of hydrogen-bond donors (Lipinski definition) is 2. The number of hydrogen-bond acceptors (Lipinski definition) is 4. The van der Waals surface area contributed by atoms with Gasteiger partial charge in [0.2, 0.25) is 17.8 Å². The van der Waals surface area contributed by atoms with Crippen LogP contribution in [0.25, 0.3) is 21.8 Å². The summed E-state index contributed by atoms with van der Waals surface area (Å²) in [4.78, 5) is 29.6. The number of aromatic nitrogens is 2. The van der Waals surface area contributed by atoms with Crippen molar-refractivity contribution in [3.8, 4) is 0 Å². The molecule has 2 amide bonds. The summed E-state index contributed by atoms with van der Waals surface area (Å²) < 4.78 is 7.41. The van der Waals surface area contributed by atoms with Gasteiger partial charge in [0.15, 0.2) is 0 Å². The first kappa shape index (κ1) is 22.5. The van der Waals surface area contributed by atoms with Crippen LogP contribution in [0.4, 0.5) is 5.95 Å². The van der Waals surface area contributed by atoms with Crippen LogP contribution in [-0.4, -0.2) is 41.1 Å². The molecule has 3 aromatic carbocycles. The Morgan fingerprint density at radius 1 is 0.970 bits per heavy atom. The number of ether oxygens (including phenoxy) is 1. The molecule has 1 aromatic heterocycles. The molecule has 0 bridgehead atoms. The lowest BCUT2D eigenvalue weighted by Gasteiger charge is -2.11. The molecule has 0 fully saturated rings. The number of imidazole rings is 1. The van der Waals surface area contributed by atoms with Gasteiger partial charge in [0.25, 0.3) is 0 Å². The zero-order valence-electron chi connectivity index (χ0n) is 18.7. The summed E-state index contributed by atoms with van der Waals surface area (Å²) in [6, 6.07) is 21.6. The number of nitrogens with one attached hydrogen (secondary N) is 2. The van der Waals surface area contributed by atoms with Gasteiger partial charge in [-0.05, 0) is 41.8 Å². The van der Waals surface area contributed by atoms with Gasteiger partial charge in [0.05, 0.1) is 24.0 Å². The summed E-state index contributed by atoms with van der Waals surface area (Å²) in [5, 5.41) is 7.70. The van der Waals surface area contributed by atoms with E-state index in [0.29, 0.717) is 25.7 Å². The quantitative estimate of drug-likeness (QED) is 0.363. The number of para-hydroxylation sites is 2. The van der Waals surface area contributed by atoms with Gasteiger partial charge in [-0.3, -0.25) is 14.9 Å². The predicted molar refractivity (Wildman–Crippen MR) is 130 cm³/mol. The Balaban J connectivity index is 1.38. The fraction of sp³-hybridized carbons (Fsp3) is 0.269. The van der Waals surface area contributed by atoms with E-state index in [-0.39, 0.29) is 24.8 Å². The fourth-order valence-corrected chi connectivity index (χ4v) is 3.90. The number of amides is 2. The van der Waals surface area contributed by atoms with E-state index in [4.69, 9.17) is 4.74 Å². The molecule has 170 valence electrons. The van der Waals surface area contributed by atoms with Crippen LogP contribution in [0.15, 0.2) is 66.7 Å². The minimum atomic E-state index is -0.317.